The molecule has 1 aromatic rings. The van der Waals surface area contributed by atoms with Crippen LogP contribution >= 0.6 is 14.9 Å². The second-order valence-corrected chi connectivity index (χ2v) is 14.9. The average molecular weight is 433 g/mol. The summed E-state index contributed by atoms with van der Waals surface area (Å²) in [6.45, 7) is 9.44. The van der Waals surface area contributed by atoms with Gasteiger partial charge in [-0.05, 0) is 5.56 Å². The quantitative estimate of drug-likeness (QED) is 0.303. The minimum atomic E-state index is -3.89. The largest absolute Gasteiger partial charge is 0.329 e. The molecule has 0 aliphatic heterocycles. The summed E-state index contributed by atoms with van der Waals surface area (Å²) in [7, 11) is -4.77. The van der Waals surface area contributed by atoms with Gasteiger partial charge >= 0.3 is 119 Å². The Balaban J connectivity index is 0.000000567. The van der Waals surface area contributed by atoms with Gasteiger partial charge in [0.25, 0.3) is 0 Å². The van der Waals surface area contributed by atoms with Crippen molar-refractivity contribution in [2.24, 2.45) is 0 Å². The van der Waals surface area contributed by atoms with E-state index in [4.69, 9.17) is 9.79 Å². The Kier molecular flexibility index (Phi) is 16.5. The number of hydrogen-bond donors (Lipinski definition) is 2. The Bertz CT molecular complexity index is 476. The summed E-state index contributed by atoms with van der Waals surface area (Å²) in [5.74, 6) is 0. The first kappa shape index (κ1) is 27.8. The zero-order valence-electron chi connectivity index (χ0n) is 18.8. The zero-order valence-corrected chi connectivity index (χ0v) is 20.7. The van der Waals surface area contributed by atoms with E-state index in [-0.39, 0.29) is 6.16 Å². The number of rotatable bonds is 14. The minimum Gasteiger partial charge on any atom is -0.324 e. The second kappa shape index (κ2) is 16.6. The summed E-state index contributed by atoms with van der Waals surface area (Å²) in [5.41, 5.74) is 0.667. The third-order valence-electron chi connectivity index (χ3n) is 5.47. The molecule has 28 heavy (non-hydrogen) atoms. The molecule has 0 spiro atoms. The van der Waals surface area contributed by atoms with E-state index >= 15 is 0 Å². The first-order chi connectivity index (χ1) is 13.3. The molecule has 0 unspecified atom stereocenters. The Morgan fingerprint density at radius 3 is 1.36 bits per heavy atom. The molecule has 0 aromatic heterocycles. The molecule has 2 N–H and O–H groups in total. The Morgan fingerprint density at radius 2 is 1.07 bits per heavy atom. The molecular formula is C23H46O3P2. The van der Waals surface area contributed by atoms with Gasteiger partial charge < -0.3 is 9.79 Å². The smallest absolute Gasteiger partial charge is 0.324 e. The Hall–Kier alpha value is -0.200. The van der Waals surface area contributed by atoms with Crippen LogP contribution in [-0.2, 0) is 10.7 Å². The summed E-state index contributed by atoms with van der Waals surface area (Å²) in [6.07, 6.45) is 18.0. The molecule has 0 heterocycles. The van der Waals surface area contributed by atoms with E-state index < -0.39 is 14.9 Å². The van der Waals surface area contributed by atoms with Crippen LogP contribution in [0.3, 0.4) is 0 Å². The molecule has 0 bridgehead atoms. The van der Waals surface area contributed by atoms with Gasteiger partial charge in [0.2, 0.25) is 0 Å². The predicted molar refractivity (Wildman–Crippen MR) is 130 cm³/mol. The van der Waals surface area contributed by atoms with E-state index in [2.05, 4.69) is 27.7 Å². The second-order valence-electron chi connectivity index (χ2n) is 8.22. The van der Waals surface area contributed by atoms with Crippen molar-refractivity contribution in [2.75, 3.05) is 24.6 Å². The van der Waals surface area contributed by atoms with Crippen LogP contribution in [0.25, 0.3) is 0 Å². The van der Waals surface area contributed by atoms with Gasteiger partial charge in [-0.2, -0.15) is 0 Å². The molecule has 1 aromatic carbocycles. The summed E-state index contributed by atoms with van der Waals surface area (Å²) in [4.78, 5) is 17.2. The molecule has 0 aliphatic rings. The van der Waals surface area contributed by atoms with Crippen LogP contribution in [0.15, 0.2) is 30.3 Å². The van der Waals surface area contributed by atoms with Crippen LogP contribution in [0.5, 0.6) is 0 Å². The number of unbranched alkanes of at least 4 members (excludes halogenated alkanes) is 4. The third kappa shape index (κ3) is 14.7. The van der Waals surface area contributed by atoms with Crippen LogP contribution in [0.2, 0.25) is 0 Å². The van der Waals surface area contributed by atoms with Crippen LogP contribution in [0.1, 0.15) is 84.6 Å². The SMILES string of the molecule is CCCC[PH](CCCC)(CCCC)CCCC.O=P(O)(O)Cc1ccccc1. The molecule has 0 saturated heterocycles. The topological polar surface area (TPSA) is 57.5 Å². The van der Waals surface area contributed by atoms with Crippen LogP contribution in [-0.4, -0.2) is 34.4 Å². The molecular weight excluding hydrogens is 386 g/mol. The van der Waals surface area contributed by atoms with E-state index in [1.54, 1.807) is 48.9 Å². The minimum absolute atomic E-state index is 0.173. The standard InChI is InChI=1S/C16H37P.C7H9O3P/c1-5-9-13-17(14-10-6-2,15-11-7-3)16-12-8-4;8-11(9,10)6-7-4-2-1-3-5-7/h17H,5-16H2,1-4H3;1-5H,6H2,(H2,8,9,10). The summed E-state index contributed by atoms with van der Waals surface area (Å²) in [6, 6.07) is 8.71. The van der Waals surface area contributed by atoms with Crippen molar-refractivity contribution in [2.45, 2.75) is 85.2 Å². The van der Waals surface area contributed by atoms with Crippen molar-refractivity contribution < 1.29 is 14.4 Å². The average Bonchev–Trinajstić information content (AvgIpc) is 2.67. The fraction of sp³-hybridized carbons (Fsp3) is 0.739. The molecule has 1 rings (SSSR count). The number of hydrogen-bond acceptors (Lipinski definition) is 1. The van der Waals surface area contributed by atoms with E-state index in [1.165, 1.54) is 51.4 Å². The van der Waals surface area contributed by atoms with Gasteiger partial charge in [0.05, 0.1) is 6.16 Å². The van der Waals surface area contributed by atoms with E-state index in [9.17, 15) is 4.57 Å². The molecule has 0 fully saturated rings. The van der Waals surface area contributed by atoms with Crippen molar-refractivity contribution >= 4 is 14.9 Å². The summed E-state index contributed by atoms with van der Waals surface area (Å²) >= 11 is 0. The van der Waals surface area contributed by atoms with Gasteiger partial charge in [0.1, 0.15) is 0 Å². The van der Waals surface area contributed by atoms with Crippen LogP contribution in [0.4, 0.5) is 0 Å². The Labute approximate surface area is 175 Å². The summed E-state index contributed by atoms with van der Waals surface area (Å²) < 4.78 is 10.5. The molecule has 0 atom stereocenters. The van der Waals surface area contributed by atoms with E-state index in [0.717, 1.165) is 0 Å². The molecule has 0 radical (unpaired) electrons. The zero-order chi connectivity index (χ0) is 21.3. The van der Waals surface area contributed by atoms with Crippen molar-refractivity contribution in [1.82, 2.24) is 0 Å². The number of benzene rings is 1. The van der Waals surface area contributed by atoms with Crippen LogP contribution in [0, 0.1) is 0 Å². The van der Waals surface area contributed by atoms with Crippen molar-refractivity contribution in [3.63, 3.8) is 0 Å². The maximum absolute atomic E-state index is 10.5. The first-order valence-corrected chi connectivity index (χ1v) is 16.0. The van der Waals surface area contributed by atoms with E-state index in [0.29, 0.717) is 5.56 Å². The molecule has 5 heteroatoms. The predicted octanol–water partition coefficient (Wildman–Crippen LogP) is 7.30. The molecule has 3 nitrogen and oxygen atoms in total. The fourth-order valence-electron chi connectivity index (χ4n) is 3.78. The van der Waals surface area contributed by atoms with Gasteiger partial charge in [-0.25, -0.2) is 0 Å². The van der Waals surface area contributed by atoms with E-state index in [1.807, 2.05) is 6.07 Å². The van der Waals surface area contributed by atoms with Gasteiger partial charge in [-0.15, -0.1) is 0 Å². The molecule has 0 saturated carbocycles. The Morgan fingerprint density at radius 1 is 0.714 bits per heavy atom. The normalized spacial score (nSPS) is 12.4. The molecule has 166 valence electrons. The monoisotopic (exact) mass is 432 g/mol. The first-order valence-electron chi connectivity index (χ1n) is 11.4. The fourth-order valence-corrected chi connectivity index (χ4v) is 10.4. The van der Waals surface area contributed by atoms with Crippen LogP contribution < -0.4 is 0 Å². The van der Waals surface area contributed by atoms with Gasteiger partial charge in [-0.1, -0.05) is 30.3 Å². The van der Waals surface area contributed by atoms with Gasteiger partial charge in [0.15, 0.2) is 0 Å². The van der Waals surface area contributed by atoms with Gasteiger partial charge in [0, 0.05) is 0 Å². The molecule has 0 aliphatic carbocycles. The third-order valence-corrected chi connectivity index (χ3v) is 11.9. The molecule has 0 amide bonds. The van der Waals surface area contributed by atoms with Crippen molar-refractivity contribution in [3.05, 3.63) is 35.9 Å². The maximum atomic E-state index is 10.5. The van der Waals surface area contributed by atoms with Gasteiger partial charge in [-0.3, -0.25) is 4.57 Å². The van der Waals surface area contributed by atoms with Crippen molar-refractivity contribution in [3.8, 4) is 0 Å². The van der Waals surface area contributed by atoms with Crippen molar-refractivity contribution in [1.29, 1.82) is 0 Å². The summed E-state index contributed by atoms with van der Waals surface area (Å²) in [5, 5.41) is 0. The maximum Gasteiger partial charge on any atom is 0.329 e.